The molecule has 2 rings (SSSR count). The van der Waals surface area contributed by atoms with E-state index in [0.29, 0.717) is 0 Å². The maximum atomic E-state index is 12.5. The quantitative estimate of drug-likeness (QED) is 0.825. The molecule has 2 aromatic rings. The molecule has 3 nitrogen and oxygen atoms in total. The summed E-state index contributed by atoms with van der Waals surface area (Å²) in [5, 5.41) is -0.0137. The summed E-state index contributed by atoms with van der Waals surface area (Å²) in [4.78, 5) is -0.784. The molecule has 0 aliphatic rings. The van der Waals surface area contributed by atoms with Gasteiger partial charge in [-0.05, 0) is 37.3 Å². The molecule has 0 heterocycles. The fourth-order valence-electron chi connectivity index (χ4n) is 1.75. The molecule has 0 aliphatic heterocycles. The number of ether oxygens (including phenoxy) is 1. The van der Waals surface area contributed by atoms with E-state index >= 15 is 0 Å². The topological polar surface area (TPSA) is 43.4 Å². The zero-order chi connectivity index (χ0) is 16.5. The lowest BCUT2D eigenvalue weighted by Gasteiger charge is -2.14. The summed E-state index contributed by atoms with van der Waals surface area (Å²) < 4.78 is 66.0. The van der Waals surface area contributed by atoms with Crippen LogP contribution < -0.4 is 4.74 Å². The molecule has 0 radical (unpaired) electrons. The van der Waals surface area contributed by atoms with Gasteiger partial charge in [-0.15, -0.1) is 13.2 Å². The fourth-order valence-corrected chi connectivity index (χ4v) is 3.39. The second kappa shape index (κ2) is 5.81. The van der Waals surface area contributed by atoms with Crippen molar-refractivity contribution in [3.63, 3.8) is 0 Å². The third-order valence-electron chi connectivity index (χ3n) is 2.75. The van der Waals surface area contributed by atoms with E-state index < -0.39 is 26.8 Å². The Labute approximate surface area is 130 Å². The van der Waals surface area contributed by atoms with Crippen LogP contribution in [0.25, 0.3) is 0 Å². The van der Waals surface area contributed by atoms with Crippen molar-refractivity contribution in [3.05, 3.63) is 53.1 Å². The highest BCUT2D eigenvalue weighted by atomic mass is 35.5. The van der Waals surface area contributed by atoms with Crippen molar-refractivity contribution >= 4 is 21.4 Å². The summed E-state index contributed by atoms with van der Waals surface area (Å²) >= 11 is 5.71. The maximum absolute atomic E-state index is 12.5. The summed E-state index contributed by atoms with van der Waals surface area (Å²) in [7, 11) is -4.19. The number of sulfone groups is 1. The highest BCUT2D eigenvalue weighted by Gasteiger charge is 2.34. The molecule has 2 aromatic carbocycles. The average Bonchev–Trinajstić information content (AvgIpc) is 2.39. The van der Waals surface area contributed by atoms with Gasteiger partial charge in [0.05, 0.1) is 4.90 Å². The molecule has 0 aromatic heterocycles. The molecular formula is C14H10ClF3O3S. The summed E-state index contributed by atoms with van der Waals surface area (Å²) in [5.74, 6) is -0.822. The summed E-state index contributed by atoms with van der Waals surface area (Å²) in [6.07, 6.45) is -5.01. The van der Waals surface area contributed by atoms with Gasteiger partial charge in [0.15, 0.2) is 0 Å². The first-order chi connectivity index (χ1) is 10.1. The molecule has 118 valence electrons. The second-order valence-electron chi connectivity index (χ2n) is 4.46. The lowest BCUT2D eigenvalue weighted by molar-refractivity contribution is -0.275. The predicted octanol–water partition coefficient (Wildman–Crippen LogP) is 4.38. The van der Waals surface area contributed by atoms with Gasteiger partial charge in [0.25, 0.3) is 0 Å². The summed E-state index contributed by atoms with van der Waals surface area (Å²) in [6, 6.07) is 8.63. The van der Waals surface area contributed by atoms with Gasteiger partial charge in [0.2, 0.25) is 9.84 Å². The highest BCUT2D eigenvalue weighted by molar-refractivity contribution is 7.91. The van der Waals surface area contributed by atoms with Gasteiger partial charge in [-0.3, -0.25) is 0 Å². The largest absolute Gasteiger partial charge is 0.573 e. The molecule has 0 amide bonds. The van der Waals surface area contributed by atoms with Crippen molar-refractivity contribution in [2.45, 2.75) is 23.1 Å². The fraction of sp³-hybridized carbons (Fsp3) is 0.143. The van der Waals surface area contributed by atoms with E-state index in [0.717, 1.165) is 23.8 Å². The molecule has 8 heteroatoms. The predicted molar refractivity (Wildman–Crippen MR) is 74.8 cm³/mol. The van der Waals surface area contributed by atoms with Gasteiger partial charge in [-0.1, -0.05) is 29.3 Å². The number of hydrogen-bond acceptors (Lipinski definition) is 3. The molecule has 0 N–H and O–H groups in total. The number of halogens is 4. The Morgan fingerprint density at radius 2 is 1.64 bits per heavy atom. The first kappa shape index (κ1) is 16.6. The number of benzene rings is 2. The molecule has 0 saturated carbocycles. The van der Waals surface area contributed by atoms with Crippen LogP contribution in [0.1, 0.15) is 5.56 Å². The number of alkyl halides is 3. The molecule has 0 atom stereocenters. The highest BCUT2D eigenvalue weighted by Crippen LogP contribution is 2.35. The molecule has 0 bridgehead atoms. The first-order valence-electron chi connectivity index (χ1n) is 5.97. The normalized spacial score (nSPS) is 12.2. The van der Waals surface area contributed by atoms with E-state index in [4.69, 9.17) is 11.6 Å². The standard InChI is InChI=1S/C14H10ClF3O3S/c1-9-2-5-11(6-3-9)22(19,20)13-8-10(15)4-7-12(13)21-14(16,17)18/h2-8H,1H3. The molecule has 0 unspecified atom stereocenters. The lowest BCUT2D eigenvalue weighted by Crippen LogP contribution is -2.19. The van der Waals surface area contributed by atoms with Crippen LogP contribution in [0.3, 0.4) is 0 Å². The zero-order valence-electron chi connectivity index (χ0n) is 11.2. The van der Waals surface area contributed by atoms with Crippen molar-refractivity contribution in [1.29, 1.82) is 0 Å². The Morgan fingerprint density at radius 1 is 1.05 bits per heavy atom. The average molecular weight is 351 g/mol. The van der Waals surface area contributed by atoms with Crippen molar-refractivity contribution in [2.75, 3.05) is 0 Å². The minimum atomic E-state index is -5.01. The molecule has 0 aliphatic carbocycles. The van der Waals surface area contributed by atoms with E-state index in [2.05, 4.69) is 4.74 Å². The molecule has 0 saturated heterocycles. The second-order valence-corrected chi connectivity index (χ2v) is 6.81. The van der Waals surface area contributed by atoms with Crippen LogP contribution in [0, 0.1) is 6.92 Å². The SMILES string of the molecule is Cc1ccc(S(=O)(=O)c2cc(Cl)ccc2OC(F)(F)F)cc1. The van der Waals surface area contributed by atoms with Crippen molar-refractivity contribution in [3.8, 4) is 5.75 Å². The van der Waals surface area contributed by atoms with Gasteiger partial charge >= 0.3 is 6.36 Å². The van der Waals surface area contributed by atoms with Gasteiger partial charge in [-0.25, -0.2) is 8.42 Å². The van der Waals surface area contributed by atoms with E-state index in [1.807, 2.05) is 0 Å². The van der Waals surface area contributed by atoms with E-state index in [1.54, 1.807) is 19.1 Å². The van der Waals surface area contributed by atoms with Gasteiger partial charge in [0, 0.05) is 5.02 Å². The number of hydrogen-bond donors (Lipinski definition) is 0. The molecular weight excluding hydrogens is 341 g/mol. The third kappa shape index (κ3) is 3.72. The van der Waals surface area contributed by atoms with E-state index in [-0.39, 0.29) is 9.92 Å². The molecule has 0 spiro atoms. The smallest absolute Gasteiger partial charge is 0.404 e. The molecule has 22 heavy (non-hydrogen) atoms. The Kier molecular flexibility index (Phi) is 4.39. The van der Waals surface area contributed by atoms with Crippen molar-refractivity contribution in [1.82, 2.24) is 0 Å². The maximum Gasteiger partial charge on any atom is 0.573 e. The van der Waals surface area contributed by atoms with Gasteiger partial charge in [0.1, 0.15) is 10.6 Å². The van der Waals surface area contributed by atoms with Crippen LogP contribution in [0.4, 0.5) is 13.2 Å². The van der Waals surface area contributed by atoms with Gasteiger partial charge in [-0.2, -0.15) is 0 Å². The van der Waals surface area contributed by atoms with E-state index in [9.17, 15) is 21.6 Å². The minimum Gasteiger partial charge on any atom is -0.404 e. The monoisotopic (exact) mass is 350 g/mol. The van der Waals surface area contributed by atoms with Crippen molar-refractivity contribution in [2.24, 2.45) is 0 Å². The van der Waals surface area contributed by atoms with Crippen LogP contribution in [-0.4, -0.2) is 14.8 Å². The number of rotatable bonds is 3. The third-order valence-corrected chi connectivity index (χ3v) is 4.78. The van der Waals surface area contributed by atoms with E-state index in [1.165, 1.54) is 12.1 Å². The van der Waals surface area contributed by atoms with Crippen molar-refractivity contribution < 1.29 is 26.3 Å². The Balaban J connectivity index is 2.59. The summed E-state index contributed by atoms with van der Waals surface area (Å²) in [5.41, 5.74) is 0.816. The van der Waals surface area contributed by atoms with Crippen LogP contribution in [0.15, 0.2) is 52.3 Å². The first-order valence-corrected chi connectivity index (χ1v) is 7.83. The lowest BCUT2D eigenvalue weighted by atomic mass is 10.2. The minimum absolute atomic E-state index is 0.0137. The van der Waals surface area contributed by atoms with Crippen LogP contribution in [0.2, 0.25) is 5.02 Å². The van der Waals surface area contributed by atoms with Crippen LogP contribution in [-0.2, 0) is 9.84 Å². The Bertz CT molecular complexity index is 784. The Hall–Kier alpha value is -1.73. The van der Waals surface area contributed by atoms with Crippen LogP contribution >= 0.6 is 11.6 Å². The number of aryl methyl sites for hydroxylation is 1. The molecule has 0 fully saturated rings. The van der Waals surface area contributed by atoms with Crippen LogP contribution in [0.5, 0.6) is 5.75 Å². The zero-order valence-corrected chi connectivity index (χ0v) is 12.8. The summed E-state index contributed by atoms with van der Waals surface area (Å²) in [6.45, 7) is 1.76. The van der Waals surface area contributed by atoms with Gasteiger partial charge < -0.3 is 4.74 Å². The Morgan fingerprint density at radius 3 is 2.18 bits per heavy atom.